The molecular weight excluding hydrogens is 226 g/mol. The molecule has 0 bridgehead atoms. The Balaban J connectivity index is 2.24. The minimum atomic E-state index is -0.671. The second-order valence-corrected chi connectivity index (χ2v) is 6.62. The molecule has 0 aromatic rings. The highest BCUT2D eigenvalue weighted by molar-refractivity contribution is 5.75. The van der Waals surface area contributed by atoms with Gasteiger partial charge in [0.1, 0.15) is 0 Å². The fourth-order valence-corrected chi connectivity index (χ4v) is 2.46. The van der Waals surface area contributed by atoms with Gasteiger partial charge in [-0.05, 0) is 37.5 Å². The third kappa shape index (κ3) is 5.38. The molecule has 0 aromatic carbocycles. The molecule has 18 heavy (non-hydrogen) atoms. The highest BCUT2D eigenvalue weighted by atomic mass is 16.3. The lowest BCUT2D eigenvalue weighted by molar-refractivity contribution is -0.123. The molecule has 0 saturated heterocycles. The van der Waals surface area contributed by atoms with Crippen LogP contribution in [0.2, 0.25) is 0 Å². The molecule has 1 fully saturated rings. The van der Waals surface area contributed by atoms with Gasteiger partial charge in [0.15, 0.2) is 0 Å². The molecule has 0 spiro atoms. The van der Waals surface area contributed by atoms with E-state index in [1.54, 1.807) is 0 Å². The van der Waals surface area contributed by atoms with Gasteiger partial charge in [0, 0.05) is 13.0 Å². The van der Waals surface area contributed by atoms with Gasteiger partial charge in [-0.15, -0.1) is 0 Å². The lowest BCUT2D eigenvalue weighted by Gasteiger charge is -2.40. The van der Waals surface area contributed by atoms with Crippen molar-refractivity contribution < 1.29 is 9.90 Å². The van der Waals surface area contributed by atoms with Gasteiger partial charge in [-0.3, -0.25) is 4.79 Å². The number of amides is 1. The second kappa shape index (κ2) is 6.55. The second-order valence-electron chi connectivity index (χ2n) is 6.62. The van der Waals surface area contributed by atoms with E-state index in [2.05, 4.69) is 26.1 Å². The third-order valence-electron chi connectivity index (χ3n) is 4.16. The van der Waals surface area contributed by atoms with Crippen LogP contribution in [0.15, 0.2) is 0 Å². The highest BCUT2D eigenvalue weighted by Crippen LogP contribution is 2.39. The van der Waals surface area contributed by atoms with E-state index < -0.39 is 5.60 Å². The Bertz CT molecular complexity index is 264. The molecule has 1 aliphatic carbocycles. The van der Waals surface area contributed by atoms with Crippen molar-refractivity contribution in [2.75, 3.05) is 6.54 Å². The van der Waals surface area contributed by atoms with E-state index in [0.29, 0.717) is 18.4 Å². The van der Waals surface area contributed by atoms with E-state index in [-0.39, 0.29) is 5.91 Å². The summed E-state index contributed by atoms with van der Waals surface area (Å²) in [4.78, 5) is 11.6. The maximum atomic E-state index is 11.6. The first-order valence-electron chi connectivity index (χ1n) is 7.36. The maximum absolute atomic E-state index is 11.6. The highest BCUT2D eigenvalue weighted by Gasteiger charge is 2.36. The molecule has 3 heteroatoms. The van der Waals surface area contributed by atoms with Gasteiger partial charge in [-0.25, -0.2) is 0 Å². The lowest BCUT2D eigenvalue weighted by Crippen LogP contribution is -2.46. The van der Waals surface area contributed by atoms with Crippen molar-refractivity contribution in [2.24, 2.45) is 5.41 Å². The molecule has 0 aromatic heterocycles. The average molecular weight is 255 g/mol. The summed E-state index contributed by atoms with van der Waals surface area (Å²) in [7, 11) is 0. The zero-order chi connectivity index (χ0) is 13.6. The number of rotatable bonds is 6. The monoisotopic (exact) mass is 255 g/mol. The Kier molecular flexibility index (Phi) is 5.64. The molecule has 106 valence electrons. The number of hydrogen-bond acceptors (Lipinski definition) is 2. The van der Waals surface area contributed by atoms with Crippen LogP contribution >= 0.6 is 0 Å². The summed E-state index contributed by atoms with van der Waals surface area (Å²) in [5.41, 5.74) is -0.326. The van der Waals surface area contributed by atoms with Crippen molar-refractivity contribution in [3.63, 3.8) is 0 Å². The van der Waals surface area contributed by atoms with Crippen LogP contribution in [0.5, 0.6) is 0 Å². The number of nitrogens with one attached hydrogen (secondary N) is 1. The minimum absolute atomic E-state index is 0.0849. The number of carbonyl (C=O) groups is 1. The fourth-order valence-electron chi connectivity index (χ4n) is 2.46. The van der Waals surface area contributed by atoms with E-state index in [4.69, 9.17) is 0 Å². The molecule has 2 N–H and O–H groups in total. The largest absolute Gasteiger partial charge is 0.388 e. The first-order valence-corrected chi connectivity index (χ1v) is 7.36. The number of unbranched alkanes of at least 4 members (excludes halogenated alkanes) is 2. The van der Waals surface area contributed by atoms with Crippen molar-refractivity contribution in [1.82, 2.24) is 5.32 Å². The van der Waals surface area contributed by atoms with Gasteiger partial charge in [-0.1, -0.05) is 33.6 Å². The molecular formula is C15H29NO2. The molecule has 3 nitrogen and oxygen atoms in total. The Morgan fingerprint density at radius 1 is 1.17 bits per heavy atom. The molecule has 0 aliphatic heterocycles. The Hall–Kier alpha value is -0.570. The number of aliphatic hydroxyl groups is 1. The molecule has 0 unspecified atom stereocenters. The van der Waals surface area contributed by atoms with Crippen molar-refractivity contribution >= 4 is 5.91 Å². The number of carbonyl (C=O) groups excluding carboxylic acids is 1. The van der Waals surface area contributed by atoms with Gasteiger partial charge in [0.2, 0.25) is 5.91 Å². The Morgan fingerprint density at radius 3 is 2.33 bits per heavy atom. The molecule has 0 atom stereocenters. The van der Waals surface area contributed by atoms with Crippen LogP contribution in [0.1, 0.15) is 72.1 Å². The van der Waals surface area contributed by atoms with Gasteiger partial charge in [-0.2, -0.15) is 0 Å². The van der Waals surface area contributed by atoms with Crippen molar-refractivity contribution in [3.05, 3.63) is 0 Å². The van der Waals surface area contributed by atoms with E-state index in [0.717, 1.165) is 44.9 Å². The van der Waals surface area contributed by atoms with Gasteiger partial charge in [0.25, 0.3) is 0 Å². The summed E-state index contributed by atoms with van der Waals surface area (Å²) in [5, 5.41) is 13.3. The van der Waals surface area contributed by atoms with Crippen LogP contribution in [0, 0.1) is 5.41 Å². The predicted octanol–water partition coefficient (Wildman–Crippen LogP) is 3.01. The van der Waals surface area contributed by atoms with Crippen molar-refractivity contribution in [2.45, 2.75) is 77.7 Å². The SMILES string of the molecule is CCCCCC(=O)NCC1(O)CCC(C)(C)CC1. The molecule has 1 rings (SSSR count). The van der Waals surface area contributed by atoms with Crippen LogP contribution in [0.25, 0.3) is 0 Å². The van der Waals surface area contributed by atoms with E-state index in [9.17, 15) is 9.90 Å². The summed E-state index contributed by atoms with van der Waals surface area (Å²) in [6.45, 7) is 7.05. The first kappa shape index (κ1) is 15.5. The Morgan fingerprint density at radius 2 is 1.78 bits per heavy atom. The zero-order valence-corrected chi connectivity index (χ0v) is 12.2. The molecule has 1 aliphatic rings. The summed E-state index contributed by atoms with van der Waals surface area (Å²) in [6, 6.07) is 0. The van der Waals surface area contributed by atoms with Crippen LogP contribution in [-0.2, 0) is 4.79 Å². The minimum Gasteiger partial charge on any atom is -0.388 e. The van der Waals surface area contributed by atoms with E-state index >= 15 is 0 Å². The topological polar surface area (TPSA) is 49.3 Å². The Labute approximate surface area is 111 Å². The van der Waals surface area contributed by atoms with Crippen LogP contribution in [0.4, 0.5) is 0 Å². The van der Waals surface area contributed by atoms with Crippen LogP contribution in [-0.4, -0.2) is 23.2 Å². The van der Waals surface area contributed by atoms with Crippen molar-refractivity contribution in [1.29, 1.82) is 0 Å². The fraction of sp³-hybridized carbons (Fsp3) is 0.933. The number of hydrogen-bond donors (Lipinski definition) is 2. The van der Waals surface area contributed by atoms with Gasteiger partial charge < -0.3 is 10.4 Å². The van der Waals surface area contributed by atoms with Gasteiger partial charge >= 0.3 is 0 Å². The summed E-state index contributed by atoms with van der Waals surface area (Å²) in [6.07, 6.45) is 7.45. The third-order valence-corrected chi connectivity index (χ3v) is 4.16. The normalized spacial score (nSPS) is 21.6. The smallest absolute Gasteiger partial charge is 0.220 e. The summed E-state index contributed by atoms with van der Waals surface area (Å²) >= 11 is 0. The van der Waals surface area contributed by atoms with E-state index in [1.165, 1.54) is 0 Å². The standard InChI is InChI=1S/C15H29NO2/c1-4-5-6-7-13(17)16-12-15(18)10-8-14(2,3)9-11-15/h18H,4-12H2,1-3H3,(H,16,17). The van der Waals surface area contributed by atoms with Crippen LogP contribution < -0.4 is 5.32 Å². The lowest BCUT2D eigenvalue weighted by atomic mass is 9.71. The van der Waals surface area contributed by atoms with Gasteiger partial charge in [0.05, 0.1) is 5.60 Å². The quantitative estimate of drug-likeness (QED) is 0.717. The maximum Gasteiger partial charge on any atom is 0.220 e. The first-order chi connectivity index (χ1) is 8.37. The summed E-state index contributed by atoms with van der Waals surface area (Å²) < 4.78 is 0. The molecule has 0 radical (unpaired) electrons. The average Bonchev–Trinajstić information content (AvgIpc) is 2.32. The van der Waals surface area contributed by atoms with Crippen LogP contribution in [0.3, 0.4) is 0 Å². The molecule has 1 amide bonds. The molecule has 0 heterocycles. The predicted molar refractivity (Wildman–Crippen MR) is 74.4 cm³/mol. The summed E-state index contributed by atoms with van der Waals surface area (Å²) in [5.74, 6) is 0.0849. The van der Waals surface area contributed by atoms with E-state index in [1.807, 2.05) is 0 Å². The molecule has 1 saturated carbocycles. The van der Waals surface area contributed by atoms with Crippen molar-refractivity contribution in [3.8, 4) is 0 Å². The zero-order valence-electron chi connectivity index (χ0n) is 12.2.